The summed E-state index contributed by atoms with van der Waals surface area (Å²) in [6, 6.07) is 2.05. The lowest BCUT2D eigenvalue weighted by molar-refractivity contribution is 0.180. The molecule has 1 aromatic rings. The van der Waals surface area contributed by atoms with E-state index in [9.17, 15) is 0 Å². The molecule has 116 valence electrons. The molecule has 0 spiro atoms. The second kappa shape index (κ2) is 7.15. The SMILES string of the molecule is C=C1CCCC(C)(C)C1CC/C(C)=C/CCc1ccoc1. The van der Waals surface area contributed by atoms with Gasteiger partial charge in [0.15, 0.2) is 0 Å². The van der Waals surface area contributed by atoms with E-state index in [2.05, 4.69) is 39.5 Å². The van der Waals surface area contributed by atoms with Gasteiger partial charge in [-0.1, -0.05) is 37.6 Å². The fraction of sp³-hybridized carbons (Fsp3) is 0.600. The lowest BCUT2D eigenvalue weighted by Gasteiger charge is -2.40. The minimum Gasteiger partial charge on any atom is -0.472 e. The quantitative estimate of drug-likeness (QED) is 0.557. The van der Waals surface area contributed by atoms with Gasteiger partial charge in [0, 0.05) is 0 Å². The van der Waals surface area contributed by atoms with Crippen molar-refractivity contribution in [2.24, 2.45) is 11.3 Å². The molecular formula is C20H30O. The van der Waals surface area contributed by atoms with Gasteiger partial charge in [-0.15, -0.1) is 0 Å². The number of furan rings is 1. The Balaban J connectivity index is 1.79. The molecule has 0 aromatic carbocycles. The molecule has 1 unspecified atom stereocenters. The Kier molecular flexibility index (Phi) is 5.50. The van der Waals surface area contributed by atoms with Gasteiger partial charge in [-0.25, -0.2) is 0 Å². The molecular weight excluding hydrogens is 256 g/mol. The van der Waals surface area contributed by atoms with Crippen LogP contribution in [-0.4, -0.2) is 0 Å². The van der Waals surface area contributed by atoms with E-state index < -0.39 is 0 Å². The number of allylic oxidation sites excluding steroid dienone is 3. The van der Waals surface area contributed by atoms with E-state index in [4.69, 9.17) is 4.42 Å². The van der Waals surface area contributed by atoms with Crippen molar-refractivity contribution in [3.05, 3.63) is 48.0 Å². The first-order chi connectivity index (χ1) is 9.99. The minimum atomic E-state index is 0.437. The van der Waals surface area contributed by atoms with Crippen LogP contribution in [0, 0.1) is 11.3 Å². The summed E-state index contributed by atoms with van der Waals surface area (Å²) in [5.41, 5.74) is 4.73. The van der Waals surface area contributed by atoms with E-state index in [1.807, 2.05) is 6.26 Å². The second-order valence-electron chi connectivity index (χ2n) is 7.31. The molecule has 1 aromatic heterocycles. The molecule has 1 nitrogen and oxygen atoms in total. The molecule has 1 aliphatic rings. The Morgan fingerprint density at radius 1 is 1.48 bits per heavy atom. The Bertz CT molecular complexity index is 476. The zero-order valence-corrected chi connectivity index (χ0v) is 14.0. The third-order valence-corrected chi connectivity index (χ3v) is 5.09. The molecule has 2 rings (SSSR count). The first-order valence-electron chi connectivity index (χ1n) is 8.33. The van der Waals surface area contributed by atoms with Crippen LogP contribution in [0.4, 0.5) is 0 Å². The Morgan fingerprint density at radius 3 is 2.95 bits per heavy atom. The van der Waals surface area contributed by atoms with Crippen LogP contribution in [-0.2, 0) is 6.42 Å². The zero-order valence-electron chi connectivity index (χ0n) is 14.0. The molecule has 1 aliphatic carbocycles. The molecule has 1 saturated carbocycles. The molecule has 1 heteroatoms. The predicted molar refractivity (Wildman–Crippen MR) is 90.3 cm³/mol. The van der Waals surface area contributed by atoms with E-state index in [-0.39, 0.29) is 0 Å². The first kappa shape index (κ1) is 16.1. The molecule has 0 radical (unpaired) electrons. The largest absolute Gasteiger partial charge is 0.472 e. The Hall–Kier alpha value is -1.24. The van der Waals surface area contributed by atoms with Crippen LogP contribution in [0.5, 0.6) is 0 Å². The fourth-order valence-electron chi connectivity index (χ4n) is 3.66. The van der Waals surface area contributed by atoms with Gasteiger partial charge in [-0.3, -0.25) is 0 Å². The molecule has 0 N–H and O–H groups in total. The summed E-state index contributed by atoms with van der Waals surface area (Å²) in [7, 11) is 0. The summed E-state index contributed by atoms with van der Waals surface area (Å²) in [5, 5.41) is 0. The van der Waals surface area contributed by atoms with E-state index in [1.54, 1.807) is 6.26 Å². The average Bonchev–Trinajstić information content (AvgIpc) is 2.90. The van der Waals surface area contributed by atoms with E-state index in [0.717, 1.165) is 12.8 Å². The summed E-state index contributed by atoms with van der Waals surface area (Å²) in [6.45, 7) is 11.4. The van der Waals surface area contributed by atoms with Crippen LogP contribution < -0.4 is 0 Å². The molecule has 1 atom stereocenters. The van der Waals surface area contributed by atoms with Gasteiger partial charge >= 0.3 is 0 Å². The summed E-state index contributed by atoms with van der Waals surface area (Å²) >= 11 is 0. The fourth-order valence-corrected chi connectivity index (χ4v) is 3.66. The molecule has 0 amide bonds. The van der Waals surface area contributed by atoms with Crippen molar-refractivity contribution in [2.75, 3.05) is 0 Å². The number of hydrogen-bond acceptors (Lipinski definition) is 1. The smallest absolute Gasteiger partial charge is 0.0934 e. The lowest BCUT2D eigenvalue weighted by Crippen LogP contribution is -2.29. The van der Waals surface area contributed by atoms with E-state index in [0.29, 0.717) is 11.3 Å². The van der Waals surface area contributed by atoms with E-state index in [1.165, 1.54) is 48.8 Å². The maximum Gasteiger partial charge on any atom is 0.0934 e. The van der Waals surface area contributed by atoms with E-state index >= 15 is 0 Å². The topological polar surface area (TPSA) is 13.1 Å². The van der Waals surface area contributed by atoms with Gasteiger partial charge in [0.05, 0.1) is 12.5 Å². The molecule has 1 heterocycles. The zero-order chi connectivity index (χ0) is 15.3. The van der Waals surface area contributed by atoms with Gasteiger partial charge in [0.25, 0.3) is 0 Å². The van der Waals surface area contributed by atoms with Crippen LogP contribution >= 0.6 is 0 Å². The van der Waals surface area contributed by atoms with Crippen molar-refractivity contribution in [1.29, 1.82) is 0 Å². The highest BCUT2D eigenvalue weighted by molar-refractivity contribution is 5.12. The van der Waals surface area contributed by atoms with Crippen molar-refractivity contribution in [2.45, 2.75) is 65.7 Å². The molecule has 0 saturated heterocycles. The minimum absolute atomic E-state index is 0.437. The first-order valence-corrected chi connectivity index (χ1v) is 8.33. The Labute approximate surface area is 130 Å². The number of rotatable bonds is 6. The summed E-state index contributed by atoms with van der Waals surface area (Å²) in [5.74, 6) is 0.698. The lowest BCUT2D eigenvalue weighted by atomic mass is 9.65. The molecule has 1 fully saturated rings. The van der Waals surface area contributed by atoms with Crippen LogP contribution in [0.25, 0.3) is 0 Å². The van der Waals surface area contributed by atoms with Crippen LogP contribution in [0.3, 0.4) is 0 Å². The number of hydrogen-bond donors (Lipinski definition) is 0. The monoisotopic (exact) mass is 286 g/mol. The maximum atomic E-state index is 5.10. The molecule has 21 heavy (non-hydrogen) atoms. The third-order valence-electron chi connectivity index (χ3n) is 5.09. The summed E-state index contributed by atoms with van der Waals surface area (Å²) in [6.07, 6.45) is 14.6. The van der Waals surface area contributed by atoms with Crippen LogP contribution in [0.15, 0.2) is 46.8 Å². The van der Waals surface area contributed by atoms with Crippen molar-refractivity contribution in [3.8, 4) is 0 Å². The Morgan fingerprint density at radius 2 is 2.29 bits per heavy atom. The van der Waals surface area contributed by atoms with Crippen molar-refractivity contribution in [1.82, 2.24) is 0 Å². The average molecular weight is 286 g/mol. The van der Waals surface area contributed by atoms with Crippen molar-refractivity contribution >= 4 is 0 Å². The highest BCUT2D eigenvalue weighted by Crippen LogP contribution is 2.45. The highest BCUT2D eigenvalue weighted by Gasteiger charge is 2.33. The summed E-state index contributed by atoms with van der Waals surface area (Å²) in [4.78, 5) is 0. The van der Waals surface area contributed by atoms with Gasteiger partial charge in [-0.05, 0) is 74.8 Å². The van der Waals surface area contributed by atoms with Crippen LogP contribution in [0.1, 0.15) is 64.9 Å². The van der Waals surface area contributed by atoms with Gasteiger partial charge in [0.1, 0.15) is 0 Å². The van der Waals surface area contributed by atoms with Gasteiger partial charge in [0.2, 0.25) is 0 Å². The highest BCUT2D eigenvalue weighted by atomic mass is 16.3. The predicted octanol–water partition coefficient (Wildman–Crippen LogP) is 6.32. The van der Waals surface area contributed by atoms with Crippen molar-refractivity contribution < 1.29 is 4.42 Å². The normalized spacial score (nSPS) is 22.5. The van der Waals surface area contributed by atoms with Gasteiger partial charge in [-0.2, -0.15) is 0 Å². The number of aryl methyl sites for hydroxylation is 1. The maximum absolute atomic E-state index is 5.10. The van der Waals surface area contributed by atoms with Gasteiger partial charge < -0.3 is 4.42 Å². The molecule has 0 bridgehead atoms. The standard InChI is InChI=1S/C20H30O/c1-16(7-5-9-18-12-14-21-15-18)10-11-19-17(2)8-6-13-20(19,3)4/h7,12,14-15,19H,2,5-6,8-11,13H2,1,3-4H3/b16-7+. The third kappa shape index (κ3) is 4.62. The van der Waals surface area contributed by atoms with Crippen LogP contribution in [0.2, 0.25) is 0 Å². The second-order valence-corrected chi connectivity index (χ2v) is 7.31. The van der Waals surface area contributed by atoms with Crippen molar-refractivity contribution in [3.63, 3.8) is 0 Å². The molecule has 0 aliphatic heterocycles. The summed E-state index contributed by atoms with van der Waals surface area (Å²) < 4.78 is 5.10.